The molecule has 3 aliphatic rings. The molecule has 2 aliphatic carbocycles. The van der Waals surface area contributed by atoms with E-state index in [4.69, 9.17) is 9.47 Å². The lowest BCUT2D eigenvalue weighted by molar-refractivity contribution is -0.154. The fourth-order valence-corrected chi connectivity index (χ4v) is 5.38. The molecular formula is C25H28N2O8. The normalized spacial score (nSPS) is 30.0. The largest absolute Gasteiger partial charge is 0.469 e. The van der Waals surface area contributed by atoms with Gasteiger partial charge in [-0.05, 0) is 56.7 Å². The summed E-state index contributed by atoms with van der Waals surface area (Å²) in [6, 6.07) is 6.70. The number of fused-ring (bicyclic) bond motifs is 1. The van der Waals surface area contributed by atoms with E-state index in [1.807, 2.05) is 0 Å². The second-order valence-corrected chi connectivity index (χ2v) is 9.46. The number of aldehydes is 1. The van der Waals surface area contributed by atoms with Crippen molar-refractivity contribution in [2.24, 2.45) is 35.5 Å². The number of hydrogen-bond acceptors (Lipinski definition) is 8. The lowest BCUT2D eigenvalue weighted by Gasteiger charge is -2.30. The van der Waals surface area contributed by atoms with Gasteiger partial charge < -0.3 is 24.9 Å². The van der Waals surface area contributed by atoms with Crippen LogP contribution in [0.15, 0.2) is 24.3 Å². The maximum Gasteiger partial charge on any atom is 0.317 e. The molecule has 0 spiro atoms. The zero-order valence-corrected chi connectivity index (χ0v) is 19.4. The second-order valence-electron chi connectivity index (χ2n) is 9.46. The Labute approximate surface area is 202 Å². The summed E-state index contributed by atoms with van der Waals surface area (Å²) >= 11 is 0. The number of methoxy groups -OCH3 is 1. The minimum absolute atomic E-state index is 0.229. The van der Waals surface area contributed by atoms with Crippen LogP contribution >= 0.6 is 0 Å². The third kappa shape index (κ3) is 5.26. The van der Waals surface area contributed by atoms with E-state index in [1.165, 1.54) is 7.11 Å². The summed E-state index contributed by atoms with van der Waals surface area (Å²) in [7, 11) is 1.26. The Hall–Kier alpha value is -3.56. The van der Waals surface area contributed by atoms with E-state index in [9.17, 15) is 28.8 Å². The summed E-state index contributed by atoms with van der Waals surface area (Å²) in [5.74, 6) is -5.06. The van der Waals surface area contributed by atoms with Crippen LogP contribution < -0.4 is 10.6 Å². The first-order valence-corrected chi connectivity index (χ1v) is 11.8. The van der Waals surface area contributed by atoms with Gasteiger partial charge in [-0.25, -0.2) is 0 Å². The van der Waals surface area contributed by atoms with Crippen LogP contribution in [0.4, 0.5) is 11.4 Å². The summed E-state index contributed by atoms with van der Waals surface area (Å²) in [6.07, 6.45) is 3.07. The molecule has 1 aromatic carbocycles. The SMILES string of the molecule is COC(=O)C1CC(C(=O)Nc2cccc(NC(=O)C3CCC4C(=O)OC(=O)C4C3)c2)CCC1C=O. The predicted octanol–water partition coefficient (Wildman–Crippen LogP) is 2.08. The molecule has 10 heteroatoms. The summed E-state index contributed by atoms with van der Waals surface area (Å²) in [5, 5.41) is 5.65. The van der Waals surface area contributed by atoms with Crippen LogP contribution in [0.1, 0.15) is 38.5 Å². The summed E-state index contributed by atoms with van der Waals surface area (Å²) in [6.45, 7) is 0. The number of esters is 3. The highest BCUT2D eigenvalue weighted by Gasteiger charge is 2.48. The van der Waals surface area contributed by atoms with Crippen molar-refractivity contribution in [2.45, 2.75) is 38.5 Å². The fourth-order valence-electron chi connectivity index (χ4n) is 5.38. The molecule has 35 heavy (non-hydrogen) atoms. The summed E-state index contributed by atoms with van der Waals surface area (Å²) < 4.78 is 9.50. The number of anilines is 2. The van der Waals surface area contributed by atoms with E-state index in [0.29, 0.717) is 37.1 Å². The number of cyclic esters (lactones) is 2. The molecule has 0 bridgehead atoms. The number of benzene rings is 1. The molecule has 0 radical (unpaired) electrons. The Morgan fingerprint density at radius 1 is 0.914 bits per heavy atom. The maximum absolute atomic E-state index is 12.9. The van der Waals surface area contributed by atoms with Crippen molar-refractivity contribution < 1.29 is 38.2 Å². The van der Waals surface area contributed by atoms with Crippen LogP contribution in [0.5, 0.6) is 0 Å². The number of carbonyl (C=O) groups is 6. The Morgan fingerprint density at radius 2 is 1.51 bits per heavy atom. The molecule has 6 atom stereocenters. The van der Waals surface area contributed by atoms with Crippen LogP contribution in [0, 0.1) is 35.5 Å². The van der Waals surface area contributed by atoms with Crippen LogP contribution in [0.2, 0.25) is 0 Å². The first kappa shape index (κ1) is 24.6. The average molecular weight is 485 g/mol. The van der Waals surface area contributed by atoms with Gasteiger partial charge in [-0.3, -0.25) is 24.0 Å². The molecule has 10 nitrogen and oxygen atoms in total. The number of rotatable bonds is 6. The predicted molar refractivity (Wildman–Crippen MR) is 122 cm³/mol. The minimum Gasteiger partial charge on any atom is -0.469 e. The number of nitrogens with one attached hydrogen (secondary N) is 2. The van der Waals surface area contributed by atoms with Gasteiger partial charge >= 0.3 is 17.9 Å². The molecule has 2 amide bonds. The zero-order valence-electron chi connectivity index (χ0n) is 19.4. The smallest absolute Gasteiger partial charge is 0.317 e. The summed E-state index contributed by atoms with van der Waals surface area (Å²) in [4.78, 5) is 72.6. The fraction of sp³-hybridized carbons (Fsp3) is 0.520. The quantitative estimate of drug-likeness (QED) is 0.355. The van der Waals surface area contributed by atoms with Gasteiger partial charge in [0.05, 0.1) is 24.9 Å². The van der Waals surface area contributed by atoms with Gasteiger partial charge in [0.15, 0.2) is 0 Å². The molecule has 3 fully saturated rings. The number of amides is 2. The van der Waals surface area contributed by atoms with Crippen molar-refractivity contribution in [2.75, 3.05) is 17.7 Å². The van der Waals surface area contributed by atoms with E-state index in [0.717, 1.165) is 6.29 Å². The highest BCUT2D eigenvalue weighted by Crippen LogP contribution is 2.40. The number of hydrogen-bond donors (Lipinski definition) is 2. The molecule has 0 aromatic heterocycles. The third-order valence-electron chi connectivity index (χ3n) is 7.38. The average Bonchev–Trinajstić information content (AvgIpc) is 3.15. The topological polar surface area (TPSA) is 145 Å². The molecule has 1 aromatic rings. The van der Waals surface area contributed by atoms with Crippen LogP contribution in [0.3, 0.4) is 0 Å². The first-order valence-electron chi connectivity index (χ1n) is 11.8. The standard InChI is InChI=1S/C25H28N2O8/c1-34-23(31)19-9-13(5-6-15(19)12-28)21(29)26-16-3-2-4-17(11-16)27-22(30)14-7-8-18-20(10-14)25(33)35-24(18)32/h2-4,11-15,18-20H,5-10H2,1H3,(H,26,29)(H,27,30). The molecule has 6 unspecified atom stereocenters. The van der Waals surface area contributed by atoms with Crippen LogP contribution in [-0.2, 0) is 38.2 Å². The molecule has 4 rings (SSSR count). The van der Waals surface area contributed by atoms with E-state index in [-0.39, 0.29) is 24.7 Å². The second kappa shape index (κ2) is 10.4. The van der Waals surface area contributed by atoms with Crippen molar-refractivity contribution in [3.05, 3.63) is 24.3 Å². The lowest BCUT2D eigenvalue weighted by atomic mass is 9.74. The molecule has 1 heterocycles. The Kier molecular flexibility index (Phi) is 7.28. The van der Waals surface area contributed by atoms with Crippen LogP contribution in [0.25, 0.3) is 0 Å². The third-order valence-corrected chi connectivity index (χ3v) is 7.38. The molecule has 2 N–H and O–H groups in total. The van der Waals surface area contributed by atoms with Gasteiger partial charge in [-0.15, -0.1) is 0 Å². The number of carbonyl (C=O) groups excluding carboxylic acids is 6. The van der Waals surface area contributed by atoms with Gasteiger partial charge in [0, 0.05) is 29.1 Å². The Bertz CT molecular complexity index is 1050. The maximum atomic E-state index is 12.9. The van der Waals surface area contributed by atoms with Crippen LogP contribution in [-0.4, -0.2) is 43.1 Å². The minimum atomic E-state index is -0.643. The Balaban J connectivity index is 1.35. The highest BCUT2D eigenvalue weighted by molar-refractivity contribution is 5.99. The van der Waals surface area contributed by atoms with E-state index >= 15 is 0 Å². The highest BCUT2D eigenvalue weighted by atomic mass is 16.6. The monoisotopic (exact) mass is 484 g/mol. The van der Waals surface area contributed by atoms with Gasteiger partial charge in [0.2, 0.25) is 11.8 Å². The zero-order chi connectivity index (χ0) is 25.1. The van der Waals surface area contributed by atoms with Crippen molar-refractivity contribution in [1.82, 2.24) is 0 Å². The van der Waals surface area contributed by atoms with Gasteiger partial charge in [-0.2, -0.15) is 0 Å². The van der Waals surface area contributed by atoms with Gasteiger partial charge in [-0.1, -0.05) is 6.07 Å². The van der Waals surface area contributed by atoms with E-state index in [1.54, 1.807) is 24.3 Å². The molecule has 186 valence electrons. The van der Waals surface area contributed by atoms with Crippen molar-refractivity contribution in [1.29, 1.82) is 0 Å². The first-order chi connectivity index (χ1) is 16.8. The Morgan fingerprint density at radius 3 is 2.14 bits per heavy atom. The molecule has 1 aliphatic heterocycles. The summed E-state index contributed by atoms with van der Waals surface area (Å²) in [5.41, 5.74) is 0.964. The molecule has 2 saturated carbocycles. The van der Waals surface area contributed by atoms with Crippen molar-refractivity contribution in [3.63, 3.8) is 0 Å². The van der Waals surface area contributed by atoms with E-state index in [2.05, 4.69) is 10.6 Å². The number of ether oxygens (including phenoxy) is 2. The molecule has 1 saturated heterocycles. The van der Waals surface area contributed by atoms with Crippen molar-refractivity contribution >= 4 is 47.4 Å². The molecular weight excluding hydrogens is 456 g/mol. The van der Waals surface area contributed by atoms with E-state index < -0.39 is 53.4 Å². The van der Waals surface area contributed by atoms with Gasteiger partial charge in [0.25, 0.3) is 0 Å². The van der Waals surface area contributed by atoms with Crippen molar-refractivity contribution in [3.8, 4) is 0 Å². The van der Waals surface area contributed by atoms with Gasteiger partial charge in [0.1, 0.15) is 6.29 Å². The lowest BCUT2D eigenvalue weighted by Crippen LogP contribution is -2.37.